The zero-order chi connectivity index (χ0) is 24.2. The number of aryl methyl sites for hydroxylation is 2. The lowest BCUT2D eigenvalue weighted by Gasteiger charge is -2.27. The molecule has 1 amide bonds. The van der Waals surface area contributed by atoms with E-state index >= 15 is 0 Å². The smallest absolute Gasteiger partial charge is 0.273 e. The highest BCUT2D eigenvalue weighted by molar-refractivity contribution is 6.00. The number of aromatic amines is 1. The summed E-state index contributed by atoms with van der Waals surface area (Å²) >= 11 is 0. The highest BCUT2D eigenvalue weighted by Gasteiger charge is 2.42. The number of carbonyl (C=O) groups is 1. The Kier molecular flexibility index (Phi) is 7.25. The maximum absolute atomic E-state index is 13.5. The average molecular weight is 462 g/mol. The summed E-state index contributed by atoms with van der Waals surface area (Å²) < 4.78 is 5.98. The minimum absolute atomic E-state index is 0.0450. The van der Waals surface area contributed by atoms with Crippen molar-refractivity contribution in [3.63, 3.8) is 0 Å². The Bertz CT molecular complexity index is 1140. The normalized spacial score (nSPS) is 15.1. The van der Waals surface area contributed by atoms with Crippen molar-refractivity contribution in [2.45, 2.75) is 65.8 Å². The molecule has 0 saturated carbocycles. The molecule has 6 nitrogen and oxygen atoms in total. The number of unbranched alkanes of at least 4 members (excludes halogenated alkanes) is 3. The van der Waals surface area contributed by atoms with Crippen LogP contribution < -0.4 is 4.74 Å². The molecule has 1 aromatic heterocycles. The largest absolute Gasteiger partial charge is 0.507 e. The van der Waals surface area contributed by atoms with Crippen molar-refractivity contribution in [2.75, 3.05) is 13.2 Å². The van der Waals surface area contributed by atoms with Crippen molar-refractivity contribution in [1.29, 1.82) is 0 Å². The zero-order valence-electron chi connectivity index (χ0n) is 20.6. The third-order valence-corrected chi connectivity index (χ3v) is 6.50. The van der Waals surface area contributed by atoms with E-state index in [4.69, 9.17) is 4.74 Å². The van der Waals surface area contributed by atoms with Crippen molar-refractivity contribution in [3.05, 3.63) is 64.3 Å². The van der Waals surface area contributed by atoms with Gasteiger partial charge in [-0.2, -0.15) is 5.10 Å². The molecule has 0 spiro atoms. The molecule has 2 N–H and O–H groups in total. The lowest BCUT2D eigenvalue weighted by molar-refractivity contribution is 0.0740. The molecule has 2 heterocycles. The number of phenols is 1. The monoisotopic (exact) mass is 461 g/mol. The van der Waals surface area contributed by atoms with Gasteiger partial charge in [0.2, 0.25) is 0 Å². The number of ether oxygens (including phenoxy) is 1. The molecule has 6 heteroatoms. The van der Waals surface area contributed by atoms with Crippen molar-refractivity contribution >= 4 is 5.91 Å². The van der Waals surface area contributed by atoms with Crippen molar-refractivity contribution in [1.82, 2.24) is 15.1 Å². The van der Waals surface area contributed by atoms with Crippen LogP contribution in [0.4, 0.5) is 0 Å². The summed E-state index contributed by atoms with van der Waals surface area (Å²) in [7, 11) is 0. The Balaban J connectivity index is 1.81. The van der Waals surface area contributed by atoms with Gasteiger partial charge in [-0.25, -0.2) is 0 Å². The molecule has 1 aliphatic heterocycles. The fourth-order valence-corrected chi connectivity index (χ4v) is 4.86. The van der Waals surface area contributed by atoms with E-state index in [9.17, 15) is 9.90 Å². The van der Waals surface area contributed by atoms with Crippen LogP contribution >= 0.6 is 0 Å². The first-order chi connectivity index (χ1) is 16.5. The molecule has 0 aliphatic carbocycles. The number of benzene rings is 2. The van der Waals surface area contributed by atoms with Gasteiger partial charge in [-0.15, -0.1) is 0 Å². The number of carbonyl (C=O) groups excluding carboxylic acids is 1. The van der Waals surface area contributed by atoms with E-state index in [1.54, 1.807) is 6.07 Å². The van der Waals surface area contributed by atoms with Gasteiger partial charge >= 0.3 is 0 Å². The first-order valence-electron chi connectivity index (χ1n) is 12.4. The molecular weight excluding hydrogens is 426 g/mol. The highest BCUT2D eigenvalue weighted by Crippen LogP contribution is 2.46. The van der Waals surface area contributed by atoms with Crippen LogP contribution in [-0.4, -0.2) is 39.3 Å². The first kappa shape index (κ1) is 23.9. The summed E-state index contributed by atoms with van der Waals surface area (Å²) in [6.07, 6.45) is 5.16. The fraction of sp³-hybridized carbons (Fsp3) is 0.429. The number of aromatic nitrogens is 2. The number of phenolic OH excluding ortho intramolecular Hbond substituents is 1. The van der Waals surface area contributed by atoms with E-state index in [1.165, 1.54) is 0 Å². The summed E-state index contributed by atoms with van der Waals surface area (Å²) in [4.78, 5) is 15.4. The van der Waals surface area contributed by atoms with Crippen LogP contribution in [0.15, 0.2) is 36.4 Å². The second-order valence-electron chi connectivity index (χ2n) is 9.22. The van der Waals surface area contributed by atoms with Crippen molar-refractivity contribution in [2.24, 2.45) is 0 Å². The van der Waals surface area contributed by atoms with Crippen LogP contribution in [0, 0.1) is 13.8 Å². The maximum Gasteiger partial charge on any atom is 0.273 e. The molecule has 180 valence electrons. The summed E-state index contributed by atoms with van der Waals surface area (Å²) in [5, 5.41) is 18.4. The number of H-pyrrole nitrogens is 1. The number of aromatic hydroxyl groups is 1. The topological polar surface area (TPSA) is 78.5 Å². The lowest BCUT2D eigenvalue weighted by Crippen LogP contribution is -2.30. The van der Waals surface area contributed by atoms with E-state index in [0.29, 0.717) is 30.1 Å². The second kappa shape index (κ2) is 10.3. The summed E-state index contributed by atoms with van der Waals surface area (Å²) in [6.45, 7) is 9.56. The molecule has 1 aliphatic rings. The molecule has 1 atom stereocenters. The molecule has 3 aromatic rings. The number of nitrogens with one attached hydrogen (secondary N) is 1. The quantitative estimate of drug-likeness (QED) is 0.347. The molecular formula is C28H35N3O3. The number of fused-ring (bicyclic) bond motifs is 1. The van der Waals surface area contributed by atoms with E-state index in [1.807, 2.05) is 49.1 Å². The maximum atomic E-state index is 13.5. The van der Waals surface area contributed by atoms with Crippen molar-refractivity contribution < 1.29 is 14.6 Å². The average Bonchev–Trinajstić information content (AvgIpc) is 3.33. The van der Waals surface area contributed by atoms with E-state index in [0.717, 1.165) is 60.1 Å². The number of nitrogens with zero attached hydrogens (tertiary/aromatic N) is 2. The molecule has 0 bridgehead atoms. The van der Waals surface area contributed by atoms with Crippen LogP contribution in [0.1, 0.15) is 84.7 Å². The van der Waals surface area contributed by atoms with Crippen LogP contribution in [0.25, 0.3) is 11.3 Å². The van der Waals surface area contributed by atoms with Crippen LogP contribution in [0.5, 0.6) is 11.5 Å². The van der Waals surface area contributed by atoms with Gasteiger partial charge in [-0.3, -0.25) is 9.89 Å². The summed E-state index contributed by atoms with van der Waals surface area (Å²) in [5.41, 5.74) is 5.55. The van der Waals surface area contributed by atoms with Crippen LogP contribution in [0.2, 0.25) is 0 Å². The third kappa shape index (κ3) is 4.54. The second-order valence-corrected chi connectivity index (χ2v) is 9.22. The Hall–Kier alpha value is -3.28. The number of amides is 1. The summed E-state index contributed by atoms with van der Waals surface area (Å²) in [6, 6.07) is 11.5. The van der Waals surface area contributed by atoms with Gasteiger partial charge in [0.1, 0.15) is 22.9 Å². The number of hydrogen-bond donors (Lipinski definition) is 2. The lowest BCUT2D eigenvalue weighted by atomic mass is 9.93. The van der Waals surface area contributed by atoms with Gasteiger partial charge in [0, 0.05) is 17.7 Å². The minimum atomic E-state index is -0.289. The SMILES string of the molecule is CCCCCN1C(=O)c2[nH]nc(-c3c(C)cc(C)cc3O)c2C1c1cccc(OCCCC)c1. The minimum Gasteiger partial charge on any atom is -0.507 e. The van der Waals surface area contributed by atoms with E-state index in [2.05, 4.69) is 24.0 Å². The van der Waals surface area contributed by atoms with Gasteiger partial charge < -0.3 is 14.7 Å². The Morgan fingerprint density at radius 3 is 2.62 bits per heavy atom. The molecule has 4 rings (SSSR count). The zero-order valence-corrected chi connectivity index (χ0v) is 20.6. The van der Waals surface area contributed by atoms with Crippen LogP contribution in [0.3, 0.4) is 0 Å². The molecule has 34 heavy (non-hydrogen) atoms. The van der Waals surface area contributed by atoms with Gasteiger partial charge in [0.05, 0.1) is 12.6 Å². The predicted octanol–water partition coefficient (Wildman–Crippen LogP) is 6.31. The standard InChI is InChI=1S/C28H35N3O3/c1-5-7-9-13-31-27(20-11-10-12-21(17-20)34-14-8-6-2)24-25(29-30-26(24)28(31)33)23-19(4)15-18(3)16-22(23)32/h10-12,15-17,27,32H,5-9,13-14H2,1-4H3,(H,29,30). The Labute approximate surface area is 202 Å². The molecule has 0 saturated heterocycles. The molecule has 0 fully saturated rings. The van der Waals surface area contributed by atoms with E-state index in [-0.39, 0.29) is 17.7 Å². The van der Waals surface area contributed by atoms with Gasteiger partial charge in [-0.05, 0) is 61.6 Å². The predicted molar refractivity (Wildman–Crippen MR) is 134 cm³/mol. The van der Waals surface area contributed by atoms with E-state index < -0.39 is 0 Å². The van der Waals surface area contributed by atoms with Gasteiger partial charge in [0.25, 0.3) is 5.91 Å². The van der Waals surface area contributed by atoms with Gasteiger partial charge in [-0.1, -0.05) is 51.3 Å². The number of hydrogen-bond acceptors (Lipinski definition) is 4. The summed E-state index contributed by atoms with van der Waals surface area (Å²) in [5.74, 6) is 0.940. The first-order valence-corrected chi connectivity index (χ1v) is 12.4. The third-order valence-electron chi connectivity index (χ3n) is 6.50. The van der Waals surface area contributed by atoms with Crippen LogP contribution in [-0.2, 0) is 0 Å². The molecule has 1 unspecified atom stereocenters. The van der Waals surface area contributed by atoms with Crippen molar-refractivity contribution in [3.8, 4) is 22.8 Å². The Morgan fingerprint density at radius 1 is 1.09 bits per heavy atom. The molecule has 2 aromatic carbocycles. The Morgan fingerprint density at radius 2 is 1.88 bits per heavy atom. The fourth-order valence-electron chi connectivity index (χ4n) is 4.86. The molecule has 0 radical (unpaired) electrons. The highest BCUT2D eigenvalue weighted by atomic mass is 16.5. The van der Waals surface area contributed by atoms with Gasteiger partial charge in [0.15, 0.2) is 0 Å². The number of rotatable bonds is 10.